The van der Waals surface area contributed by atoms with E-state index in [9.17, 15) is 38.4 Å². The molecule has 4 N–H and O–H groups in total. The molecule has 28 nitrogen and oxygen atoms in total. The lowest BCUT2D eigenvalue weighted by molar-refractivity contribution is 0.0656. The number of hydrogen-bond acceptors (Lipinski definition) is 20. The summed E-state index contributed by atoms with van der Waals surface area (Å²) in [6.07, 6.45) is 34.0. The van der Waals surface area contributed by atoms with Crippen molar-refractivity contribution in [2.45, 2.75) is 228 Å². The molecule has 676 valence electrons. The fourth-order valence-electron chi connectivity index (χ4n) is 20.7. The quantitative estimate of drug-likeness (QED) is 0.0653. The molecule has 4 saturated heterocycles. The van der Waals surface area contributed by atoms with Crippen LogP contribution in [0.5, 0.6) is 0 Å². The van der Waals surface area contributed by atoms with Crippen molar-refractivity contribution in [1.29, 1.82) is 0 Å². The van der Waals surface area contributed by atoms with Crippen LogP contribution in [0, 0.1) is 0 Å². The highest BCUT2D eigenvalue weighted by Gasteiger charge is 2.56. The van der Waals surface area contributed by atoms with Gasteiger partial charge in [-0.3, -0.25) is 38.8 Å². The van der Waals surface area contributed by atoms with Crippen LogP contribution in [0.1, 0.15) is 226 Å². The Morgan fingerprint density at radius 2 is 0.530 bits per heavy atom. The number of pyridine rings is 4. The molecule has 0 spiro atoms. The minimum atomic E-state index is -0.621. The number of amides is 4. The molecule has 4 aromatic carbocycles. The first kappa shape index (κ1) is 89.5. The van der Waals surface area contributed by atoms with E-state index >= 15 is 0 Å². The van der Waals surface area contributed by atoms with Gasteiger partial charge in [0.05, 0.1) is 24.2 Å². The Balaban J connectivity index is 0.000000123. The van der Waals surface area contributed by atoms with Crippen LogP contribution in [0.3, 0.4) is 0 Å². The highest BCUT2D eigenvalue weighted by atomic mass is 16.6. The molecule has 0 bridgehead atoms. The largest absolute Gasteiger partial charge is 0.441 e. The Bertz CT molecular complexity index is 6040. The Morgan fingerprint density at radius 3 is 0.780 bits per heavy atom. The summed E-state index contributed by atoms with van der Waals surface area (Å²) in [4.78, 5) is 155. The Hall–Kier alpha value is -14.4. The first-order valence-corrected chi connectivity index (χ1v) is 45.4. The third-order valence-electron chi connectivity index (χ3n) is 26.7. The lowest BCUT2D eigenvalue weighted by atomic mass is 9.80. The molecule has 4 amide bonds. The molecule has 28 heteroatoms. The minimum absolute atomic E-state index is 0.00736. The zero-order chi connectivity index (χ0) is 92.0. The third kappa shape index (κ3) is 19.1. The maximum atomic E-state index is 12.9. The summed E-state index contributed by atoms with van der Waals surface area (Å²) < 4.78 is 23.1. The molecule has 6 atom stereocenters. The highest BCUT2D eigenvalue weighted by Crippen LogP contribution is 2.51. The molecule has 132 heavy (non-hydrogen) atoms. The van der Waals surface area contributed by atoms with Crippen molar-refractivity contribution in [3.05, 3.63) is 342 Å². The van der Waals surface area contributed by atoms with Crippen molar-refractivity contribution in [3.8, 4) is 45.6 Å². The lowest BCUT2D eigenvalue weighted by Gasteiger charge is -2.38. The van der Waals surface area contributed by atoms with Crippen molar-refractivity contribution in [2.75, 3.05) is 0 Å². The summed E-state index contributed by atoms with van der Waals surface area (Å²) >= 11 is 0. The van der Waals surface area contributed by atoms with E-state index in [-0.39, 0.29) is 107 Å². The number of nitrogens with zero attached hydrogens (tertiary/aromatic N) is 12. The molecular weight excluding hydrogens is 1670 g/mol. The van der Waals surface area contributed by atoms with Gasteiger partial charge in [0.2, 0.25) is 0 Å². The zero-order valence-electron chi connectivity index (χ0n) is 75.2. The SMILES string of the molecule is CC1(C)OC(=O)N(C2CCC(c3cc(-c4ncccn4)c[nH]c3=O)CC2)C1c1ccccc1.CC1(C)OC(=O)N(C2CCC(c3cc(-c4ncccn4)c[nH]c3=O)CC2)C1c1ccccc1.CC1(C)OC(=O)N([C@@H]2CC=C(c3cc(-c4ncccn4)c[nH]c3=O)CC2)[C@H]1c1ccccc1.CC1(C)OC(=O)N([C@H]2CC=C(c3cc(-c4ncccn4)c[nH]c3=O)CC2)[C@H]1c1ccccc1. The number of allylic oxidation sites excluding steroid dienone is 2. The Morgan fingerprint density at radius 1 is 0.288 bits per heavy atom. The van der Waals surface area contributed by atoms with Crippen LogP contribution in [-0.2, 0) is 18.9 Å². The van der Waals surface area contributed by atoms with E-state index in [1.165, 1.54) is 0 Å². The summed E-state index contributed by atoms with van der Waals surface area (Å²) in [6, 6.07) is 54.4. The first-order valence-electron chi connectivity index (χ1n) is 45.4. The number of carbonyl (C=O) groups excluding carboxylic acids is 4. The third-order valence-corrected chi connectivity index (χ3v) is 26.7. The van der Waals surface area contributed by atoms with Crippen molar-refractivity contribution in [2.24, 2.45) is 0 Å². The first-order chi connectivity index (χ1) is 63.7. The molecule has 8 aromatic heterocycles. The van der Waals surface area contributed by atoms with E-state index in [2.05, 4.69) is 96.2 Å². The van der Waals surface area contributed by atoms with Crippen LogP contribution in [0.25, 0.3) is 56.7 Å². The smallest absolute Gasteiger partial charge is 0.411 e. The van der Waals surface area contributed by atoms with E-state index in [0.29, 0.717) is 60.1 Å². The zero-order valence-corrected chi connectivity index (χ0v) is 75.2. The predicted molar refractivity (Wildman–Crippen MR) is 500 cm³/mol. The van der Waals surface area contributed by atoms with Gasteiger partial charge in [0.1, 0.15) is 22.4 Å². The van der Waals surface area contributed by atoms with Crippen LogP contribution in [-0.4, -0.2) is 150 Å². The van der Waals surface area contributed by atoms with Gasteiger partial charge in [-0.2, -0.15) is 0 Å². The summed E-state index contributed by atoms with van der Waals surface area (Å²) in [5, 5.41) is 0. The van der Waals surface area contributed by atoms with Crippen molar-refractivity contribution in [1.82, 2.24) is 79.4 Å². The van der Waals surface area contributed by atoms with E-state index in [4.69, 9.17) is 18.9 Å². The molecule has 0 radical (unpaired) electrons. The van der Waals surface area contributed by atoms with Crippen molar-refractivity contribution < 1.29 is 38.1 Å². The van der Waals surface area contributed by atoms with Gasteiger partial charge in [-0.25, -0.2) is 59.0 Å². The number of aromatic amines is 4. The van der Waals surface area contributed by atoms with E-state index in [1.54, 1.807) is 98.6 Å². The van der Waals surface area contributed by atoms with Gasteiger partial charge in [-0.05, 0) is 239 Å². The average Bonchev–Trinajstić information content (AvgIpc) is 1.63. The molecular formula is C104H108N16O12. The Kier molecular flexibility index (Phi) is 26.0. The second-order valence-corrected chi connectivity index (χ2v) is 37.0. The standard InChI is InChI=1S/2C26H28N4O3.2C26H26N4O3/c4*1-26(2)22(18-7-4-3-5-8-18)30(25(32)33-26)20-11-9-17(10-12-20)21-15-19(16-29-24(21)31)23-27-13-6-14-28-23/h2*3-8,13-17,20,22H,9-12H2,1-2H3,(H,29,31);2*3-9,13-16,20,22H,10-12H2,1-2H3,(H,29,31)/t;;20-,22+;20-,22-/m..10/s1. The number of ether oxygens (including phenoxy) is 4. The number of carbonyl (C=O) groups is 4. The van der Waals surface area contributed by atoms with Gasteiger partial charge < -0.3 is 38.9 Å². The number of rotatable bonds is 16. The van der Waals surface area contributed by atoms with Gasteiger partial charge in [-0.1, -0.05) is 133 Å². The van der Waals surface area contributed by atoms with Gasteiger partial charge in [0, 0.05) is 143 Å². The molecule has 12 heterocycles. The van der Waals surface area contributed by atoms with E-state index in [1.807, 2.05) is 196 Å². The molecule has 20 rings (SSSR count). The fourth-order valence-corrected chi connectivity index (χ4v) is 20.7. The number of cyclic esters (lactones) is 4. The summed E-state index contributed by atoms with van der Waals surface area (Å²) in [5.41, 5.74) is 9.34. The molecule has 4 aliphatic carbocycles. The van der Waals surface area contributed by atoms with E-state index in [0.717, 1.165) is 131 Å². The normalized spacial score (nSPS) is 23.3. The number of hydrogen-bond donors (Lipinski definition) is 4. The van der Waals surface area contributed by atoms with Crippen LogP contribution < -0.4 is 22.2 Å². The fraction of sp³-hybridized carbons (Fsp3) is 0.346. The summed E-state index contributed by atoms with van der Waals surface area (Å²) in [7, 11) is 0. The van der Waals surface area contributed by atoms with Gasteiger partial charge >= 0.3 is 24.4 Å². The lowest BCUT2D eigenvalue weighted by Crippen LogP contribution is -2.42. The summed E-state index contributed by atoms with van der Waals surface area (Å²) in [5.74, 6) is 2.59. The molecule has 8 aliphatic rings. The highest BCUT2D eigenvalue weighted by molar-refractivity contribution is 5.77. The van der Waals surface area contributed by atoms with Gasteiger partial charge in [-0.15, -0.1) is 0 Å². The monoisotopic (exact) mass is 1770 g/mol. The second kappa shape index (κ2) is 38.3. The maximum Gasteiger partial charge on any atom is 0.411 e. The molecule has 4 aliphatic heterocycles. The van der Waals surface area contributed by atoms with Crippen molar-refractivity contribution in [3.63, 3.8) is 0 Å². The minimum Gasteiger partial charge on any atom is -0.441 e. The predicted octanol–water partition coefficient (Wildman–Crippen LogP) is 19.1. The number of H-pyrrole nitrogens is 4. The average molecular weight is 1770 g/mol. The van der Waals surface area contributed by atoms with E-state index < -0.39 is 22.4 Å². The molecule has 6 fully saturated rings. The van der Waals surface area contributed by atoms with Crippen LogP contribution in [0.2, 0.25) is 0 Å². The second-order valence-electron chi connectivity index (χ2n) is 37.0. The Labute approximate surface area is 764 Å². The van der Waals surface area contributed by atoms with Crippen LogP contribution in [0.15, 0.2) is 276 Å². The van der Waals surface area contributed by atoms with Crippen molar-refractivity contribution >= 4 is 35.5 Å². The maximum absolute atomic E-state index is 12.9. The van der Waals surface area contributed by atoms with Gasteiger partial charge in [0.25, 0.3) is 22.2 Å². The molecule has 12 aromatic rings. The topological polar surface area (TPSA) is 353 Å². The number of benzene rings is 4. The van der Waals surface area contributed by atoms with Crippen LogP contribution >= 0.6 is 0 Å². The number of aromatic nitrogens is 12. The molecule has 2 unspecified atom stereocenters. The van der Waals surface area contributed by atoms with Crippen LogP contribution in [0.4, 0.5) is 19.2 Å². The molecule has 2 saturated carbocycles. The van der Waals surface area contributed by atoms with Gasteiger partial charge in [0.15, 0.2) is 23.3 Å². The summed E-state index contributed by atoms with van der Waals surface area (Å²) in [6.45, 7) is 15.8. The number of nitrogens with one attached hydrogen (secondary N) is 4.